The Labute approximate surface area is 177 Å². The average Bonchev–Trinajstić information content (AvgIpc) is 3.14. The van der Waals surface area contributed by atoms with Crippen LogP contribution in [0.2, 0.25) is 0 Å². The van der Waals surface area contributed by atoms with Gasteiger partial charge in [0.1, 0.15) is 11.3 Å². The molecule has 4 N–H and O–H groups in total. The van der Waals surface area contributed by atoms with Crippen molar-refractivity contribution in [2.24, 2.45) is 0 Å². The molecule has 0 fully saturated rings. The molecule has 8 heteroatoms. The van der Waals surface area contributed by atoms with Crippen LogP contribution in [0, 0.1) is 0 Å². The fourth-order valence-electron chi connectivity index (χ4n) is 4.37. The van der Waals surface area contributed by atoms with E-state index in [0.29, 0.717) is 24.6 Å². The van der Waals surface area contributed by atoms with Crippen molar-refractivity contribution >= 4 is 10.9 Å². The van der Waals surface area contributed by atoms with E-state index in [2.05, 4.69) is 15.3 Å². The number of rotatable bonds is 4. The number of nitrogens with one attached hydrogen (secondary N) is 3. The van der Waals surface area contributed by atoms with Crippen LogP contribution in [-0.4, -0.2) is 32.8 Å². The molecule has 158 valence electrons. The number of aromatic hydroxyl groups is 1. The number of ether oxygens (including phenoxy) is 1. The lowest BCUT2D eigenvalue weighted by atomic mass is 9.95. The fourth-order valence-corrected chi connectivity index (χ4v) is 4.37. The van der Waals surface area contributed by atoms with E-state index >= 15 is 0 Å². The molecule has 1 aliphatic heterocycles. The van der Waals surface area contributed by atoms with Crippen LogP contribution in [-0.2, 0) is 6.42 Å². The third kappa shape index (κ3) is 3.03. The number of para-hydroxylation sites is 3. The molecule has 0 amide bonds. The Morgan fingerprint density at radius 1 is 1.10 bits per heavy atom. The van der Waals surface area contributed by atoms with E-state index in [4.69, 9.17) is 4.74 Å². The van der Waals surface area contributed by atoms with Gasteiger partial charge in [0.2, 0.25) is 5.88 Å². The van der Waals surface area contributed by atoms with E-state index in [-0.39, 0.29) is 5.56 Å². The molecule has 0 aliphatic carbocycles. The van der Waals surface area contributed by atoms with Gasteiger partial charge in [-0.2, -0.15) is 0 Å². The molecular weight excluding hydrogens is 396 g/mol. The second-order valence-corrected chi connectivity index (χ2v) is 7.43. The fraction of sp³-hybridized carbons (Fsp3) is 0.217. The molecule has 0 radical (unpaired) electrons. The highest BCUT2D eigenvalue weighted by atomic mass is 16.5. The predicted octanol–water partition coefficient (Wildman–Crippen LogP) is 2.35. The van der Waals surface area contributed by atoms with Gasteiger partial charge in [0.25, 0.3) is 5.56 Å². The summed E-state index contributed by atoms with van der Waals surface area (Å²) < 4.78 is 6.71. The molecule has 5 rings (SSSR count). The van der Waals surface area contributed by atoms with Crippen LogP contribution in [0.5, 0.6) is 11.6 Å². The molecule has 0 saturated heterocycles. The highest BCUT2D eigenvalue weighted by Crippen LogP contribution is 2.35. The second kappa shape index (κ2) is 7.48. The Morgan fingerprint density at radius 3 is 2.71 bits per heavy atom. The quantitative estimate of drug-likeness (QED) is 0.406. The molecule has 0 bridgehead atoms. The molecule has 4 aromatic rings. The van der Waals surface area contributed by atoms with Crippen LogP contribution in [0.15, 0.2) is 58.1 Å². The third-order valence-electron chi connectivity index (χ3n) is 5.67. The molecule has 31 heavy (non-hydrogen) atoms. The number of hydrogen-bond acceptors (Lipinski definition) is 5. The SMILES string of the molecule is CCOc1ccccc1-n1c(O)c([C@@H]2NCCc3c2[nH]c2ccccc32)c(=O)[nH]c1=O. The number of hydrogen-bond donors (Lipinski definition) is 4. The number of H-pyrrole nitrogens is 2. The Hall–Kier alpha value is -3.78. The smallest absolute Gasteiger partial charge is 0.335 e. The summed E-state index contributed by atoms with van der Waals surface area (Å²) in [6.45, 7) is 2.86. The van der Waals surface area contributed by atoms with Gasteiger partial charge in [0, 0.05) is 23.1 Å². The number of fused-ring (bicyclic) bond motifs is 3. The van der Waals surface area contributed by atoms with Gasteiger partial charge in [-0.3, -0.25) is 9.78 Å². The molecule has 0 unspecified atom stereocenters. The maximum Gasteiger partial charge on any atom is 0.335 e. The first kappa shape index (κ1) is 19.2. The van der Waals surface area contributed by atoms with Gasteiger partial charge in [0.05, 0.1) is 18.3 Å². The Kier molecular flexibility index (Phi) is 4.63. The van der Waals surface area contributed by atoms with E-state index in [1.807, 2.05) is 31.2 Å². The minimum Gasteiger partial charge on any atom is -0.494 e. The lowest BCUT2D eigenvalue weighted by molar-refractivity contribution is 0.336. The summed E-state index contributed by atoms with van der Waals surface area (Å²) in [6, 6.07) is 14.2. The number of nitrogens with zero attached hydrogens (tertiary/aromatic N) is 1. The molecule has 2 aromatic carbocycles. The van der Waals surface area contributed by atoms with E-state index in [1.54, 1.807) is 24.3 Å². The van der Waals surface area contributed by atoms with Crippen molar-refractivity contribution in [1.82, 2.24) is 19.9 Å². The number of aromatic amines is 2. The lowest BCUT2D eigenvalue weighted by Gasteiger charge is -2.25. The minimum atomic E-state index is -0.730. The van der Waals surface area contributed by atoms with Crippen molar-refractivity contribution in [3.8, 4) is 17.3 Å². The zero-order chi connectivity index (χ0) is 21.5. The summed E-state index contributed by atoms with van der Waals surface area (Å²) in [5.74, 6) is 0.0215. The van der Waals surface area contributed by atoms with Crippen LogP contribution in [0.1, 0.15) is 29.8 Å². The summed E-state index contributed by atoms with van der Waals surface area (Å²) >= 11 is 0. The topological polar surface area (TPSA) is 112 Å². The van der Waals surface area contributed by atoms with Crippen LogP contribution < -0.4 is 21.3 Å². The van der Waals surface area contributed by atoms with Gasteiger partial charge >= 0.3 is 5.69 Å². The maximum atomic E-state index is 12.9. The molecule has 0 spiro atoms. The normalized spacial score (nSPS) is 15.7. The van der Waals surface area contributed by atoms with Crippen molar-refractivity contribution < 1.29 is 9.84 Å². The molecule has 3 heterocycles. The monoisotopic (exact) mass is 418 g/mol. The minimum absolute atomic E-state index is 0.0819. The lowest BCUT2D eigenvalue weighted by Crippen LogP contribution is -2.38. The second-order valence-electron chi connectivity index (χ2n) is 7.43. The van der Waals surface area contributed by atoms with Gasteiger partial charge < -0.3 is 20.1 Å². The van der Waals surface area contributed by atoms with Crippen molar-refractivity contribution in [2.75, 3.05) is 13.2 Å². The molecule has 1 atom stereocenters. The summed E-state index contributed by atoms with van der Waals surface area (Å²) in [6.07, 6.45) is 0.793. The summed E-state index contributed by atoms with van der Waals surface area (Å²) in [4.78, 5) is 31.3. The Morgan fingerprint density at radius 2 is 1.87 bits per heavy atom. The number of benzene rings is 2. The van der Waals surface area contributed by atoms with E-state index < -0.39 is 23.2 Å². The van der Waals surface area contributed by atoms with Crippen LogP contribution in [0.4, 0.5) is 0 Å². The van der Waals surface area contributed by atoms with Crippen LogP contribution in [0.25, 0.3) is 16.6 Å². The molecule has 8 nitrogen and oxygen atoms in total. The Balaban J connectivity index is 1.74. The first-order chi connectivity index (χ1) is 15.1. The Bertz CT molecular complexity index is 1400. The average molecular weight is 418 g/mol. The van der Waals surface area contributed by atoms with Crippen LogP contribution in [0.3, 0.4) is 0 Å². The molecule has 2 aromatic heterocycles. The zero-order valence-corrected chi connectivity index (χ0v) is 16.9. The summed E-state index contributed by atoms with van der Waals surface area (Å²) in [5, 5.41) is 15.6. The number of aromatic nitrogens is 3. The molecule has 1 aliphatic rings. The van der Waals surface area contributed by atoms with Gasteiger partial charge in [-0.25, -0.2) is 9.36 Å². The highest BCUT2D eigenvalue weighted by Gasteiger charge is 2.31. The third-order valence-corrected chi connectivity index (χ3v) is 5.67. The first-order valence-corrected chi connectivity index (χ1v) is 10.2. The van der Waals surface area contributed by atoms with Gasteiger partial charge in [-0.15, -0.1) is 0 Å². The van der Waals surface area contributed by atoms with Gasteiger partial charge in [0.15, 0.2) is 0 Å². The van der Waals surface area contributed by atoms with E-state index in [9.17, 15) is 14.7 Å². The van der Waals surface area contributed by atoms with Gasteiger partial charge in [-0.1, -0.05) is 30.3 Å². The van der Waals surface area contributed by atoms with Crippen molar-refractivity contribution in [3.63, 3.8) is 0 Å². The van der Waals surface area contributed by atoms with E-state index in [0.717, 1.165) is 33.1 Å². The highest BCUT2D eigenvalue weighted by molar-refractivity contribution is 5.85. The van der Waals surface area contributed by atoms with Crippen molar-refractivity contribution in [1.29, 1.82) is 0 Å². The molecule has 0 saturated carbocycles. The standard InChI is InChI=1S/C23H22N4O4/c1-2-31-17-10-6-5-9-16(17)27-22(29)18(21(28)26-23(27)30)20-19-14(11-12-24-20)13-7-3-4-8-15(13)25-19/h3-10,20,24-25,29H,2,11-12H2,1H3,(H,26,28,30)/t20-/m0/s1. The van der Waals surface area contributed by atoms with Crippen molar-refractivity contribution in [3.05, 3.63) is 86.2 Å². The maximum absolute atomic E-state index is 12.9. The summed E-state index contributed by atoms with van der Waals surface area (Å²) in [5.41, 5.74) is 1.97. The van der Waals surface area contributed by atoms with Crippen LogP contribution >= 0.6 is 0 Å². The predicted molar refractivity (Wildman–Crippen MR) is 117 cm³/mol. The first-order valence-electron chi connectivity index (χ1n) is 10.2. The van der Waals surface area contributed by atoms with E-state index in [1.165, 1.54) is 0 Å². The summed E-state index contributed by atoms with van der Waals surface area (Å²) in [7, 11) is 0. The molecular formula is C23H22N4O4. The largest absolute Gasteiger partial charge is 0.494 e. The van der Waals surface area contributed by atoms with Gasteiger partial charge in [-0.05, 0) is 37.1 Å². The zero-order valence-electron chi connectivity index (χ0n) is 16.9. The van der Waals surface area contributed by atoms with Crippen molar-refractivity contribution in [2.45, 2.75) is 19.4 Å².